The highest BCUT2D eigenvalue weighted by Crippen LogP contribution is 2.31. The molecule has 1 amide bonds. The molecule has 2 aromatic rings. The second kappa shape index (κ2) is 4.58. The molecular formula is C15H14FNO4. The second-order valence-electron chi connectivity index (χ2n) is 5.64. The van der Waals surface area contributed by atoms with Crippen LogP contribution in [0.5, 0.6) is 0 Å². The van der Waals surface area contributed by atoms with Crippen LogP contribution in [0.1, 0.15) is 23.9 Å². The number of carbonyl (C=O) groups is 2. The lowest BCUT2D eigenvalue weighted by molar-refractivity contribution is -0.147. The Morgan fingerprint density at radius 2 is 2.14 bits per heavy atom. The maximum Gasteiger partial charge on any atom is 0.311 e. The van der Waals surface area contributed by atoms with Crippen LogP contribution < -0.4 is 0 Å². The molecule has 1 fully saturated rings. The number of rotatable bonds is 2. The SMILES string of the molecule is C[C@]1(C(=O)O)CCN(C(=O)c2cc3cc(F)ccc3o2)C1. The summed E-state index contributed by atoms with van der Waals surface area (Å²) in [7, 11) is 0. The zero-order valence-electron chi connectivity index (χ0n) is 11.4. The molecule has 1 aliphatic heterocycles. The van der Waals surface area contributed by atoms with Crippen molar-refractivity contribution in [3.8, 4) is 0 Å². The number of likely N-dealkylation sites (tertiary alicyclic amines) is 1. The number of furan rings is 1. The highest BCUT2D eigenvalue weighted by atomic mass is 19.1. The number of aliphatic carboxylic acids is 1. The molecule has 3 rings (SSSR count). The van der Waals surface area contributed by atoms with E-state index >= 15 is 0 Å². The number of amides is 1. The minimum absolute atomic E-state index is 0.102. The van der Waals surface area contributed by atoms with Crippen LogP contribution in [0.3, 0.4) is 0 Å². The molecular weight excluding hydrogens is 277 g/mol. The van der Waals surface area contributed by atoms with E-state index in [0.717, 1.165) is 0 Å². The molecule has 0 radical (unpaired) electrons. The van der Waals surface area contributed by atoms with E-state index in [1.807, 2.05) is 0 Å². The van der Waals surface area contributed by atoms with Crippen LogP contribution in [0.15, 0.2) is 28.7 Å². The van der Waals surface area contributed by atoms with Gasteiger partial charge in [-0.25, -0.2) is 4.39 Å². The molecule has 1 atom stereocenters. The van der Waals surface area contributed by atoms with Crippen molar-refractivity contribution in [3.05, 3.63) is 35.8 Å². The van der Waals surface area contributed by atoms with Gasteiger partial charge in [0.25, 0.3) is 5.91 Å². The molecule has 6 heteroatoms. The van der Waals surface area contributed by atoms with E-state index in [0.29, 0.717) is 23.9 Å². The minimum atomic E-state index is -0.923. The van der Waals surface area contributed by atoms with Gasteiger partial charge in [0.05, 0.1) is 5.41 Å². The Bertz CT molecular complexity index is 738. The topological polar surface area (TPSA) is 70.8 Å². The molecule has 1 aromatic carbocycles. The Hall–Kier alpha value is -2.37. The Balaban J connectivity index is 1.86. The molecule has 5 nitrogen and oxygen atoms in total. The van der Waals surface area contributed by atoms with Gasteiger partial charge >= 0.3 is 5.97 Å². The summed E-state index contributed by atoms with van der Waals surface area (Å²) in [6.45, 7) is 2.14. The van der Waals surface area contributed by atoms with E-state index in [9.17, 15) is 19.1 Å². The molecule has 1 aliphatic rings. The maximum atomic E-state index is 13.1. The monoisotopic (exact) mass is 291 g/mol. The summed E-state index contributed by atoms with van der Waals surface area (Å²) < 4.78 is 18.6. The number of halogens is 1. The molecule has 1 N–H and O–H groups in total. The molecule has 1 aromatic heterocycles. The highest BCUT2D eigenvalue weighted by Gasteiger charge is 2.42. The molecule has 0 unspecified atom stereocenters. The first-order valence-corrected chi connectivity index (χ1v) is 6.61. The summed E-state index contributed by atoms with van der Waals surface area (Å²) in [4.78, 5) is 25.0. The number of carbonyl (C=O) groups excluding carboxylic acids is 1. The quantitative estimate of drug-likeness (QED) is 0.923. The van der Waals surface area contributed by atoms with Crippen LogP contribution in [0.2, 0.25) is 0 Å². The summed E-state index contributed by atoms with van der Waals surface area (Å²) in [5.41, 5.74) is -0.492. The minimum Gasteiger partial charge on any atom is -0.481 e. The average Bonchev–Trinajstić information content (AvgIpc) is 3.02. The number of fused-ring (bicyclic) bond motifs is 1. The number of hydrogen-bond donors (Lipinski definition) is 1. The third-order valence-corrected chi connectivity index (χ3v) is 3.97. The van der Waals surface area contributed by atoms with E-state index < -0.39 is 17.2 Å². The largest absolute Gasteiger partial charge is 0.481 e. The molecule has 1 saturated heterocycles. The normalized spacial score (nSPS) is 21.9. The van der Waals surface area contributed by atoms with Crippen molar-refractivity contribution in [2.75, 3.05) is 13.1 Å². The van der Waals surface area contributed by atoms with Gasteiger partial charge in [0.15, 0.2) is 5.76 Å². The van der Waals surface area contributed by atoms with Crippen molar-refractivity contribution in [1.82, 2.24) is 4.90 Å². The Labute approximate surface area is 119 Å². The van der Waals surface area contributed by atoms with Crippen LogP contribution in [0.4, 0.5) is 4.39 Å². The summed E-state index contributed by atoms with van der Waals surface area (Å²) in [5, 5.41) is 9.70. The highest BCUT2D eigenvalue weighted by molar-refractivity contribution is 5.96. The second-order valence-corrected chi connectivity index (χ2v) is 5.64. The van der Waals surface area contributed by atoms with Crippen LogP contribution >= 0.6 is 0 Å². The smallest absolute Gasteiger partial charge is 0.311 e. The Morgan fingerprint density at radius 1 is 1.38 bits per heavy atom. The van der Waals surface area contributed by atoms with Crippen molar-refractivity contribution in [2.45, 2.75) is 13.3 Å². The van der Waals surface area contributed by atoms with Crippen molar-refractivity contribution >= 4 is 22.8 Å². The van der Waals surface area contributed by atoms with Gasteiger partial charge in [-0.05, 0) is 37.6 Å². The molecule has 0 saturated carbocycles. The number of carboxylic acid groups (broad SMARTS) is 1. The number of benzene rings is 1. The van der Waals surface area contributed by atoms with Gasteiger partial charge in [0.1, 0.15) is 11.4 Å². The van der Waals surface area contributed by atoms with Crippen LogP contribution in [-0.4, -0.2) is 35.0 Å². The molecule has 21 heavy (non-hydrogen) atoms. The van der Waals surface area contributed by atoms with Crippen LogP contribution in [0.25, 0.3) is 11.0 Å². The third kappa shape index (κ3) is 2.26. The molecule has 0 aliphatic carbocycles. The van der Waals surface area contributed by atoms with Gasteiger partial charge in [0.2, 0.25) is 0 Å². The van der Waals surface area contributed by atoms with Gasteiger partial charge in [0, 0.05) is 18.5 Å². The van der Waals surface area contributed by atoms with E-state index in [-0.39, 0.29) is 18.2 Å². The standard InChI is InChI=1S/C15H14FNO4/c1-15(14(19)20)4-5-17(8-15)13(18)12-7-9-6-10(16)2-3-11(9)21-12/h2-3,6-7H,4-5,8H2,1H3,(H,19,20)/t15-/m0/s1. The van der Waals surface area contributed by atoms with E-state index in [1.54, 1.807) is 6.92 Å². The Kier molecular flexibility index (Phi) is 2.97. The number of carboxylic acids is 1. The van der Waals surface area contributed by atoms with Crippen molar-refractivity contribution in [3.63, 3.8) is 0 Å². The fourth-order valence-electron chi connectivity index (χ4n) is 2.58. The average molecular weight is 291 g/mol. The molecule has 0 spiro atoms. The maximum absolute atomic E-state index is 13.1. The van der Waals surface area contributed by atoms with Crippen LogP contribution in [-0.2, 0) is 4.79 Å². The first-order valence-electron chi connectivity index (χ1n) is 6.61. The molecule has 2 heterocycles. The van der Waals surface area contributed by atoms with Gasteiger partial charge in [-0.1, -0.05) is 0 Å². The van der Waals surface area contributed by atoms with Gasteiger partial charge in [-0.15, -0.1) is 0 Å². The van der Waals surface area contributed by atoms with Crippen molar-refractivity contribution < 1.29 is 23.5 Å². The lowest BCUT2D eigenvalue weighted by atomic mass is 9.90. The predicted molar refractivity (Wildman–Crippen MR) is 72.4 cm³/mol. The van der Waals surface area contributed by atoms with E-state index in [4.69, 9.17) is 4.42 Å². The molecule has 0 bridgehead atoms. The number of nitrogens with zero attached hydrogens (tertiary/aromatic N) is 1. The number of hydrogen-bond acceptors (Lipinski definition) is 3. The van der Waals surface area contributed by atoms with Crippen molar-refractivity contribution in [1.29, 1.82) is 0 Å². The summed E-state index contributed by atoms with van der Waals surface area (Å²) in [6.07, 6.45) is 0.406. The fraction of sp³-hybridized carbons (Fsp3) is 0.333. The summed E-state index contributed by atoms with van der Waals surface area (Å²) >= 11 is 0. The third-order valence-electron chi connectivity index (χ3n) is 3.97. The lowest BCUT2D eigenvalue weighted by Crippen LogP contribution is -2.34. The lowest BCUT2D eigenvalue weighted by Gasteiger charge is -2.19. The fourth-order valence-corrected chi connectivity index (χ4v) is 2.58. The van der Waals surface area contributed by atoms with Crippen molar-refractivity contribution in [2.24, 2.45) is 5.41 Å². The first kappa shape index (κ1) is 13.6. The first-order chi connectivity index (χ1) is 9.89. The van der Waals surface area contributed by atoms with Crippen LogP contribution in [0, 0.1) is 11.2 Å². The van der Waals surface area contributed by atoms with E-state index in [1.165, 1.54) is 29.2 Å². The summed E-state index contributed by atoms with van der Waals surface area (Å²) in [6, 6.07) is 5.50. The summed E-state index contributed by atoms with van der Waals surface area (Å²) in [5.74, 6) is -1.58. The Morgan fingerprint density at radius 3 is 2.81 bits per heavy atom. The predicted octanol–water partition coefficient (Wildman–Crippen LogP) is 2.51. The zero-order chi connectivity index (χ0) is 15.2. The zero-order valence-corrected chi connectivity index (χ0v) is 11.4. The van der Waals surface area contributed by atoms with Gasteiger partial charge in [-0.2, -0.15) is 0 Å². The van der Waals surface area contributed by atoms with E-state index in [2.05, 4.69) is 0 Å². The van der Waals surface area contributed by atoms with Gasteiger partial charge < -0.3 is 14.4 Å². The van der Waals surface area contributed by atoms with Gasteiger partial charge in [-0.3, -0.25) is 9.59 Å². The molecule has 110 valence electrons.